The molecule has 0 amide bonds. The third-order valence-electron chi connectivity index (χ3n) is 7.24. The number of aliphatic carboxylic acids is 1. The lowest BCUT2D eigenvalue weighted by atomic mass is 9.79. The van der Waals surface area contributed by atoms with Crippen molar-refractivity contribution in [2.75, 3.05) is 26.7 Å². The second kappa shape index (κ2) is 12.0. The first-order valence-electron chi connectivity index (χ1n) is 12.5. The van der Waals surface area contributed by atoms with Crippen LogP contribution < -0.4 is 4.74 Å². The molecule has 1 N–H and O–H groups in total. The predicted octanol–water partition coefficient (Wildman–Crippen LogP) is 5.59. The molecule has 4 rings (SSSR count). The van der Waals surface area contributed by atoms with Gasteiger partial charge in [-0.1, -0.05) is 0 Å². The second-order valence-corrected chi connectivity index (χ2v) is 9.47. The summed E-state index contributed by atoms with van der Waals surface area (Å²) < 4.78 is 10.9. The highest BCUT2D eigenvalue weighted by Gasteiger charge is 2.29. The fraction of sp³-hybridized carbons (Fsp3) is 0.500. The number of fused-ring (bicyclic) bond motifs is 1. The number of aromatic nitrogens is 1. The molecule has 1 aliphatic heterocycles. The van der Waals surface area contributed by atoms with Crippen LogP contribution in [0.15, 0.2) is 53.3 Å². The summed E-state index contributed by atoms with van der Waals surface area (Å²) in [5.74, 6) is 2.24. The van der Waals surface area contributed by atoms with E-state index in [1.807, 2.05) is 30.5 Å². The van der Waals surface area contributed by atoms with Gasteiger partial charge in [-0.3, -0.25) is 9.78 Å². The number of nitrogens with zero attached hydrogens (tertiary/aromatic N) is 2. The third kappa shape index (κ3) is 6.60. The first kappa shape index (κ1) is 24.3. The molecule has 3 heterocycles. The number of pyridine rings is 1. The normalized spacial score (nSPS) is 18.9. The molecule has 0 aliphatic carbocycles. The zero-order chi connectivity index (χ0) is 23.8. The Morgan fingerprint density at radius 2 is 2.09 bits per heavy atom. The number of benzene rings is 1. The van der Waals surface area contributed by atoms with E-state index in [0.29, 0.717) is 11.8 Å². The topological polar surface area (TPSA) is 75.8 Å². The van der Waals surface area contributed by atoms with Crippen LogP contribution in [0.2, 0.25) is 0 Å². The highest BCUT2D eigenvalue weighted by atomic mass is 16.5. The van der Waals surface area contributed by atoms with Gasteiger partial charge in [0.25, 0.3) is 0 Å². The molecule has 34 heavy (non-hydrogen) atoms. The number of furan rings is 1. The average molecular weight is 465 g/mol. The maximum atomic E-state index is 11.3. The summed E-state index contributed by atoms with van der Waals surface area (Å²) in [6.45, 7) is 3.15. The molecule has 0 bridgehead atoms. The van der Waals surface area contributed by atoms with Crippen LogP contribution in [0.25, 0.3) is 10.9 Å². The minimum atomic E-state index is -0.689. The molecule has 6 nitrogen and oxygen atoms in total. The van der Waals surface area contributed by atoms with Crippen LogP contribution in [0.5, 0.6) is 5.75 Å². The van der Waals surface area contributed by atoms with Crippen molar-refractivity contribution in [3.05, 3.63) is 60.2 Å². The van der Waals surface area contributed by atoms with E-state index in [2.05, 4.69) is 22.0 Å². The van der Waals surface area contributed by atoms with Crippen molar-refractivity contribution in [2.45, 2.75) is 51.4 Å². The molecule has 182 valence electrons. The van der Waals surface area contributed by atoms with Crippen molar-refractivity contribution in [3.63, 3.8) is 0 Å². The van der Waals surface area contributed by atoms with Gasteiger partial charge in [0.1, 0.15) is 11.5 Å². The lowest BCUT2D eigenvalue weighted by molar-refractivity contribution is -0.137. The summed E-state index contributed by atoms with van der Waals surface area (Å²) in [6, 6.07) is 12.1. The molecule has 1 saturated heterocycles. The van der Waals surface area contributed by atoms with E-state index in [4.69, 9.17) is 9.15 Å². The number of piperidine rings is 1. The van der Waals surface area contributed by atoms with Gasteiger partial charge in [0.15, 0.2) is 0 Å². The van der Waals surface area contributed by atoms with Crippen LogP contribution in [0.4, 0.5) is 0 Å². The number of methoxy groups -OCH3 is 1. The van der Waals surface area contributed by atoms with Crippen molar-refractivity contribution in [1.82, 2.24) is 9.88 Å². The van der Waals surface area contributed by atoms with Crippen molar-refractivity contribution < 1.29 is 19.1 Å². The van der Waals surface area contributed by atoms with Crippen molar-refractivity contribution in [3.8, 4) is 5.75 Å². The number of ether oxygens (including phenoxy) is 1. The van der Waals surface area contributed by atoms with E-state index < -0.39 is 5.97 Å². The lowest BCUT2D eigenvalue weighted by Crippen LogP contribution is -2.41. The maximum absolute atomic E-state index is 11.3. The predicted molar refractivity (Wildman–Crippen MR) is 133 cm³/mol. The van der Waals surface area contributed by atoms with Gasteiger partial charge in [-0.2, -0.15) is 0 Å². The molecule has 3 aromatic rings. The minimum absolute atomic E-state index is 0.260. The van der Waals surface area contributed by atoms with E-state index in [0.717, 1.165) is 87.0 Å². The van der Waals surface area contributed by atoms with Gasteiger partial charge >= 0.3 is 5.97 Å². The number of rotatable bonds is 12. The fourth-order valence-corrected chi connectivity index (χ4v) is 5.39. The molecule has 1 fully saturated rings. The summed E-state index contributed by atoms with van der Waals surface area (Å²) in [7, 11) is 1.69. The van der Waals surface area contributed by atoms with Crippen molar-refractivity contribution in [2.24, 2.45) is 11.8 Å². The van der Waals surface area contributed by atoms with Crippen LogP contribution in [0, 0.1) is 11.8 Å². The Morgan fingerprint density at radius 3 is 2.88 bits per heavy atom. The molecular formula is C28H36N2O4. The summed E-state index contributed by atoms with van der Waals surface area (Å²) >= 11 is 0. The van der Waals surface area contributed by atoms with Gasteiger partial charge < -0.3 is 19.2 Å². The number of carbonyl (C=O) groups is 1. The van der Waals surface area contributed by atoms with Gasteiger partial charge in [0.2, 0.25) is 0 Å². The lowest BCUT2D eigenvalue weighted by Gasteiger charge is -2.39. The zero-order valence-electron chi connectivity index (χ0n) is 20.1. The Labute approximate surface area is 201 Å². The van der Waals surface area contributed by atoms with Crippen LogP contribution in [-0.2, 0) is 17.6 Å². The van der Waals surface area contributed by atoms with Gasteiger partial charge in [-0.05, 0) is 105 Å². The number of hydrogen-bond acceptors (Lipinski definition) is 5. The molecule has 1 aromatic carbocycles. The van der Waals surface area contributed by atoms with Crippen molar-refractivity contribution in [1.29, 1.82) is 0 Å². The smallest absolute Gasteiger partial charge is 0.303 e. The van der Waals surface area contributed by atoms with Gasteiger partial charge in [0.05, 0.1) is 18.9 Å². The summed E-state index contributed by atoms with van der Waals surface area (Å²) in [4.78, 5) is 18.3. The first-order chi connectivity index (χ1) is 16.6. The Hall–Kier alpha value is -2.86. The second-order valence-electron chi connectivity index (χ2n) is 9.47. The quantitative estimate of drug-likeness (QED) is 0.376. The van der Waals surface area contributed by atoms with Crippen LogP contribution in [-0.4, -0.2) is 47.7 Å². The molecular weight excluding hydrogens is 428 g/mol. The summed E-state index contributed by atoms with van der Waals surface area (Å²) in [5, 5.41) is 10.4. The molecule has 1 aliphatic rings. The average Bonchev–Trinajstić information content (AvgIpc) is 3.37. The van der Waals surface area contributed by atoms with Crippen LogP contribution in [0.3, 0.4) is 0 Å². The molecule has 2 atom stereocenters. The zero-order valence-corrected chi connectivity index (χ0v) is 20.1. The minimum Gasteiger partial charge on any atom is -0.497 e. The highest BCUT2D eigenvalue weighted by molar-refractivity contribution is 5.83. The standard InChI is InChI=1S/C28H36N2O4/c1-33-25-10-11-27-26(19-25)22(13-15-29-27)6-2-5-21-14-17-30(20-23(21)9-12-28(31)32)16-3-7-24-8-4-18-34-24/h4,8,10-11,13,15,18-19,21,23H,2-3,5-7,9,12,14,16-17,20H2,1H3,(H,31,32). The SMILES string of the molecule is COc1ccc2nccc(CCCC3CCN(CCCc4ccco4)CC3CCC(=O)O)c2c1. The number of hydrogen-bond donors (Lipinski definition) is 1. The van der Waals surface area contributed by atoms with Crippen LogP contribution in [0.1, 0.15) is 49.8 Å². The summed E-state index contributed by atoms with van der Waals surface area (Å²) in [6.07, 6.45) is 11.1. The van der Waals surface area contributed by atoms with E-state index in [-0.39, 0.29) is 6.42 Å². The molecule has 6 heteroatoms. The molecule has 2 unspecified atom stereocenters. The third-order valence-corrected chi connectivity index (χ3v) is 7.24. The van der Waals surface area contributed by atoms with Gasteiger partial charge in [0, 0.05) is 31.0 Å². The number of carboxylic acids is 1. The Morgan fingerprint density at radius 1 is 1.18 bits per heavy atom. The van der Waals surface area contributed by atoms with Crippen LogP contribution >= 0.6 is 0 Å². The molecule has 0 spiro atoms. The number of carboxylic acid groups (broad SMARTS) is 1. The number of aryl methyl sites for hydroxylation is 2. The summed E-state index contributed by atoms with van der Waals surface area (Å²) in [5.41, 5.74) is 2.31. The maximum Gasteiger partial charge on any atom is 0.303 e. The number of likely N-dealkylation sites (tertiary alicyclic amines) is 1. The highest BCUT2D eigenvalue weighted by Crippen LogP contribution is 2.32. The van der Waals surface area contributed by atoms with E-state index >= 15 is 0 Å². The van der Waals surface area contributed by atoms with E-state index in [1.54, 1.807) is 13.4 Å². The van der Waals surface area contributed by atoms with E-state index in [9.17, 15) is 9.90 Å². The largest absolute Gasteiger partial charge is 0.497 e. The fourth-order valence-electron chi connectivity index (χ4n) is 5.39. The first-order valence-corrected chi connectivity index (χ1v) is 12.5. The van der Waals surface area contributed by atoms with Gasteiger partial charge in [-0.25, -0.2) is 0 Å². The Bertz CT molecular complexity index is 1050. The Kier molecular flexibility index (Phi) is 8.58. The Balaban J connectivity index is 1.32. The molecule has 0 radical (unpaired) electrons. The van der Waals surface area contributed by atoms with Crippen molar-refractivity contribution >= 4 is 16.9 Å². The molecule has 2 aromatic heterocycles. The monoisotopic (exact) mass is 464 g/mol. The van der Waals surface area contributed by atoms with Gasteiger partial charge in [-0.15, -0.1) is 0 Å². The molecule has 0 saturated carbocycles. The van der Waals surface area contributed by atoms with E-state index in [1.165, 1.54) is 5.56 Å².